The van der Waals surface area contributed by atoms with E-state index in [-0.39, 0.29) is 18.5 Å². The highest BCUT2D eigenvalue weighted by Crippen LogP contribution is 2.31. The number of benzene rings is 1. The first kappa shape index (κ1) is 14.4. The van der Waals surface area contributed by atoms with Crippen molar-refractivity contribution >= 4 is 5.91 Å². The van der Waals surface area contributed by atoms with Crippen LogP contribution in [0.3, 0.4) is 0 Å². The van der Waals surface area contributed by atoms with Crippen molar-refractivity contribution in [2.75, 3.05) is 6.54 Å². The van der Waals surface area contributed by atoms with Crippen LogP contribution in [0.2, 0.25) is 0 Å². The summed E-state index contributed by atoms with van der Waals surface area (Å²) in [5.74, 6) is 2.81. The summed E-state index contributed by atoms with van der Waals surface area (Å²) >= 11 is 0. The molecule has 0 spiro atoms. The summed E-state index contributed by atoms with van der Waals surface area (Å²) < 4.78 is 5.65. The Labute approximate surface area is 119 Å². The van der Waals surface area contributed by atoms with E-state index < -0.39 is 6.10 Å². The predicted molar refractivity (Wildman–Crippen MR) is 78.2 cm³/mol. The Hall–Kier alpha value is -1.99. The molecule has 1 aliphatic rings. The van der Waals surface area contributed by atoms with Crippen molar-refractivity contribution in [1.29, 1.82) is 0 Å². The van der Waals surface area contributed by atoms with Crippen LogP contribution in [-0.4, -0.2) is 18.6 Å². The van der Waals surface area contributed by atoms with Crippen molar-refractivity contribution in [3.8, 4) is 18.1 Å². The molecule has 0 heterocycles. The minimum Gasteiger partial charge on any atom is -0.481 e. The van der Waals surface area contributed by atoms with E-state index in [0.717, 1.165) is 24.8 Å². The number of aryl methyl sites for hydroxylation is 1. The maximum atomic E-state index is 11.7. The lowest BCUT2D eigenvalue weighted by Gasteiger charge is -2.23. The molecule has 0 saturated heterocycles. The Balaban J connectivity index is 2.05. The van der Waals surface area contributed by atoms with E-state index in [9.17, 15) is 4.79 Å². The second-order valence-corrected chi connectivity index (χ2v) is 5.04. The van der Waals surface area contributed by atoms with Crippen molar-refractivity contribution in [2.24, 2.45) is 5.73 Å². The zero-order valence-corrected chi connectivity index (χ0v) is 11.7. The Morgan fingerprint density at radius 2 is 2.45 bits per heavy atom. The second-order valence-electron chi connectivity index (χ2n) is 5.04. The molecule has 2 atom stereocenters. The van der Waals surface area contributed by atoms with Crippen molar-refractivity contribution < 1.29 is 9.53 Å². The average molecular weight is 272 g/mol. The van der Waals surface area contributed by atoms with Crippen LogP contribution in [0.25, 0.3) is 0 Å². The number of ether oxygens (including phenoxy) is 1. The number of nitrogens with one attached hydrogen (secondary N) is 1. The molecule has 4 nitrogen and oxygen atoms in total. The highest BCUT2D eigenvalue weighted by molar-refractivity contribution is 5.80. The standard InChI is InChI=1S/C16H20N2O2/c1-3-9-18-16(19)11(2)20-13-8-7-12-5-4-6-15(17)14(12)10-13/h1,7-8,10-11,15H,4-6,9,17H2,2H3,(H,18,19). The monoisotopic (exact) mass is 272 g/mol. The van der Waals surface area contributed by atoms with Crippen LogP contribution in [0.4, 0.5) is 0 Å². The summed E-state index contributed by atoms with van der Waals surface area (Å²) in [5, 5.41) is 2.60. The third kappa shape index (κ3) is 3.31. The largest absolute Gasteiger partial charge is 0.481 e. The van der Waals surface area contributed by atoms with Gasteiger partial charge in [0.05, 0.1) is 6.54 Å². The zero-order valence-electron chi connectivity index (χ0n) is 11.7. The summed E-state index contributed by atoms with van der Waals surface area (Å²) in [7, 11) is 0. The Kier molecular flexibility index (Phi) is 4.65. The fourth-order valence-corrected chi connectivity index (χ4v) is 2.43. The number of hydrogen-bond donors (Lipinski definition) is 2. The van der Waals surface area contributed by atoms with Gasteiger partial charge in [-0.3, -0.25) is 4.79 Å². The summed E-state index contributed by atoms with van der Waals surface area (Å²) in [6.45, 7) is 1.91. The predicted octanol–water partition coefficient (Wildman–Crippen LogP) is 1.54. The van der Waals surface area contributed by atoms with Gasteiger partial charge in [0.25, 0.3) is 5.91 Å². The summed E-state index contributed by atoms with van der Waals surface area (Å²) in [5.41, 5.74) is 8.52. The molecular weight excluding hydrogens is 252 g/mol. The van der Waals surface area contributed by atoms with Crippen molar-refractivity contribution in [1.82, 2.24) is 5.32 Å². The number of carbonyl (C=O) groups excluding carboxylic acids is 1. The average Bonchev–Trinajstić information content (AvgIpc) is 2.45. The maximum Gasteiger partial charge on any atom is 0.261 e. The molecule has 20 heavy (non-hydrogen) atoms. The SMILES string of the molecule is C#CCNC(=O)C(C)Oc1ccc2c(c1)C(N)CCC2. The molecule has 0 bridgehead atoms. The number of nitrogens with two attached hydrogens (primary N) is 1. The zero-order chi connectivity index (χ0) is 14.5. The van der Waals surface area contributed by atoms with Gasteiger partial charge >= 0.3 is 0 Å². The van der Waals surface area contributed by atoms with Gasteiger partial charge in [0, 0.05) is 6.04 Å². The van der Waals surface area contributed by atoms with Gasteiger partial charge in [-0.05, 0) is 49.4 Å². The molecule has 2 rings (SSSR count). The van der Waals surface area contributed by atoms with Gasteiger partial charge in [0.2, 0.25) is 0 Å². The number of carbonyl (C=O) groups is 1. The topological polar surface area (TPSA) is 64.3 Å². The lowest BCUT2D eigenvalue weighted by atomic mass is 9.88. The van der Waals surface area contributed by atoms with Gasteiger partial charge in [-0.25, -0.2) is 0 Å². The minimum atomic E-state index is -0.582. The van der Waals surface area contributed by atoms with Crippen LogP contribution in [0.15, 0.2) is 18.2 Å². The number of amides is 1. The second kappa shape index (κ2) is 6.44. The van der Waals surface area contributed by atoms with E-state index in [1.165, 1.54) is 5.56 Å². The fraction of sp³-hybridized carbons (Fsp3) is 0.438. The van der Waals surface area contributed by atoms with Crippen LogP contribution in [0.5, 0.6) is 5.75 Å². The summed E-state index contributed by atoms with van der Waals surface area (Å²) in [6.07, 6.45) is 7.70. The molecule has 0 radical (unpaired) electrons. The normalized spacial score (nSPS) is 18.6. The molecule has 2 unspecified atom stereocenters. The van der Waals surface area contributed by atoms with Crippen LogP contribution >= 0.6 is 0 Å². The van der Waals surface area contributed by atoms with Crippen LogP contribution in [0.1, 0.15) is 36.9 Å². The van der Waals surface area contributed by atoms with E-state index in [2.05, 4.69) is 11.2 Å². The Morgan fingerprint density at radius 3 is 3.20 bits per heavy atom. The first-order chi connectivity index (χ1) is 9.61. The summed E-state index contributed by atoms with van der Waals surface area (Å²) in [6, 6.07) is 5.94. The quantitative estimate of drug-likeness (QED) is 0.817. The highest BCUT2D eigenvalue weighted by Gasteiger charge is 2.19. The van der Waals surface area contributed by atoms with E-state index >= 15 is 0 Å². The molecule has 106 valence electrons. The van der Waals surface area contributed by atoms with Gasteiger partial charge in [-0.15, -0.1) is 6.42 Å². The van der Waals surface area contributed by atoms with E-state index in [4.69, 9.17) is 16.9 Å². The van der Waals surface area contributed by atoms with Gasteiger partial charge < -0.3 is 15.8 Å². The number of hydrogen-bond acceptors (Lipinski definition) is 3. The first-order valence-corrected chi connectivity index (χ1v) is 6.88. The van der Waals surface area contributed by atoms with Crippen molar-refractivity contribution in [3.63, 3.8) is 0 Å². The molecule has 1 aliphatic carbocycles. The third-order valence-electron chi connectivity index (χ3n) is 3.52. The molecule has 0 fully saturated rings. The maximum absolute atomic E-state index is 11.7. The van der Waals surface area contributed by atoms with Crippen LogP contribution < -0.4 is 15.8 Å². The van der Waals surface area contributed by atoms with Crippen LogP contribution in [0, 0.1) is 12.3 Å². The van der Waals surface area contributed by atoms with E-state index in [1.54, 1.807) is 6.92 Å². The van der Waals surface area contributed by atoms with Gasteiger partial charge in [0.1, 0.15) is 5.75 Å². The molecular formula is C16H20N2O2. The van der Waals surface area contributed by atoms with Gasteiger partial charge in [-0.2, -0.15) is 0 Å². The van der Waals surface area contributed by atoms with Crippen molar-refractivity contribution in [3.05, 3.63) is 29.3 Å². The molecule has 3 N–H and O–H groups in total. The summed E-state index contributed by atoms with van der Waals surface area (Å²) in [4.78, 5) is 11.7. The van der Waals surface area contributed by atoms with Crippen LogP contribution in [-0.2, 0) is 11.2 Å². The smallest absolute Gasteiger partial charge is 0.261 e. The molecule has 1 aromatic rings. The Morgan fingerprint density at radius 1 is 1.65 bits per heavy atom. The third-order valence-corrected chi connectivity index (χ3v) is 3.52. The number of terminal acetylenes is 1. The number of fused-ring (bicyclic) bond motifs is 1. The molecule has 4 heteroatoms. The number of rotatable bonds is 4. The van der Waals surface area contributed by atoms with Gasteiger partial charge in [0.15, 0.2) is 6.10 Å². The van der Waals surface area contributed by atoms with E-state index in [1.807, 2.05) is 18.2 Å². The molecule has 1 amide bonds. The fourth-order valence-electron chi connectivity index (χ4n) is 2.43. The minimum absolute atomic E-state index is 0.0628. The first-order valence-electron chi connectivity index (χ1n) is 6.88. The lowest BCUT2D eigenvalue weighted by Crippen LogP contribution is -2.36. The Bertz CT molecular complexity index is 534. The van der Waals surface area contributed by atoms with E-state index in [0.29, 0.717) is 5.75 Å². The highest BCUT2D eigenvalue weighted by atomic mass is 16.5. The van der Waals surface area contributed by atoms with Gasteiger partial charge in [-0.1, -0.05) is 12.0 Å². The molecule has 0 aromatic heterocycles. The van der Waals surface area contributed by atoms with Crippen molar-refractivity contribution in [2.45, 2.75) is 38.3 Å². The lowest BCUT2D eigenvalue weighted by molar-refractivity contribution is -0.126. The molecule has 1 aromatic carbocycles. The molecule has 0 aliphatic heterocycles. The molecule has 0 saturated carbocycles.